The highest BCUT2D eigenvalue weighted by Gasteiger charge is 2.36. The van der Waals surface area contributed by atoms with Crippen LogP contribution in [0.25, 0.3) is 0 Å². The maximum atomic E-state index is 11.8. The largest absolute Gasteiger partial charge is 0.469 e. The third-order valence-electron chi connectivity index (χ3n) is 5.17. The van der Waals surface area contributed by atoms with Gasteiger partial charge in [0, 0.05) is 26.7 Å². The second kappa shape index (κ2) is 11.9. The Labute approximate surface area is 169 Å². The molecule has 0 aromatic rings. The summed E-state index contributed by atoms with van der Waals surface area (Å²) in [7, 11) is 3.24. The van der Waals surface area contributed by atoms with Gasteiger partial charge in [0.05, 0.1) is 25.7 Å². The van der Waals surface area contributed by atoms with Crippen molar-refractivity contribution in [2.24, 2.45) is 16.8 Å². The third kappa shape index (κ3) is 6.92. The number of ether oxygens (including phenoxy) is 2. The van der Waals surface area contributed by atoms with E-state index in [0.717, 1.165) is 19.0 Å². The fraction of sp³-hybridized carbons (Fsp3) is 0.889. The Kier molecular flexibility index (Phi) is 10.7. The number of esters is 1. The van der Waals surface area contributed by atoms with Crippen molar-refractivity contribution in [3.05, 3.63) is 0 Å². The summed E-state index contributed by atoms with van der Waals surface area (Å²) in [6.07, 6.45) is 8.09. The molecule has 0 spiro atoms. The first-order chi connectivity index (χ1) is 11.7. The number of guanidine groups is 1. The minimum absolute atomic E-state index is 0. The highest BCUT2D eigenvalue weighted by molar-refractivity contribution is 14.0. The van der Waals surface area contributed by atoms with Gasteiger partial charge in [-0.05, 0) is 18.8 Å². The molecule has 25 heavy (non-hydrogen) atoms. The van der Waals surface area contributed by atoms with Crippen molar-refractivity contribution in [3.8, 4) is 0 Å². The summed E-state index contributed by atoms with van der Waals surface area (Å²) in [5.41, 5.74) is 0. The normalized spacial score (nSPS) is 25.2. The summed E-state index contributed by atoms with van der Waals surface area (Å²) in [5.74, 6) is 0.920. The number of carbonyl (C=O) groups excluding carboxylic acids is 1. The first-order valence-electron chi connectivity index (χ1n) is 9.30. The fourth-order valence-corrected chi connectivity index (χ4v) is 3.73. The average molecular weight is 467 g/mol. The highest BCUT2D eigenvalue weighted by Crippen LogP contribution is 2.24. The predicted molar refractivity (Wildman–Crippen MR) is 110 cm³/mol. The van der Waals surface area contributed by atoms with E-state index in [4.69, 9.17) is 9.47 Å². The first-order valence-corrected chi connectivity index (χ1v) is 9.30. The van der Waals surface area contributed by atoms with Crippen LogP contribution >= 0.6 is 24.0 Å². The minimum atomic E-state index is -0.128. The van der Waals surface area contributed by atoms with Crippen LogP contribution in [-0.2, 0) is 14.3 Å². The van der Waals surface area contributed by atoms with E-state index >= 15 is 0 Å². The summed E-state index contributed by atoms with van der Waals surface area (Å²) in [5, 5.41) is 3.36. The number of hydrogen-bond donors (Lipinski definition) is 1. The molecule has 1 heterocycles. The number of nitrogens with one attached hydrogen (secondary N) is 1. The van der Waals surface area contributed by atoms with Crippen LogP contribution in [0.2, 0.25) is 0 Å². The van der Waals surface area contributed by atoms with Crippen LogP contribution in [0, 0.1) is 11.8 Å². The van der Waals surface area contributed by atoms with E-state index in [9.17, 15) is 4.79 Å². The average Bonchev–Trinajstić information content (AvgIpc) is 2.81. The molecule has 0 amide bonds. The molecule has 2 aliphatic rings. The number of nitrogens with zero attached hydrogens (tertiary/aromatic N) is 2. The van der Waals surface area contributed by atoms with Gasteiger partial charge in [0.1, 0.15) is 0 Å². The fourth-order valence-electron chi connectivity index (χ4n) is 3.73. The van der Waals surface area contributed by atoms with Crippen molar-refractivity contribution < 1.29 is 14.3 Å². The molecular weight excluding hydrogens is 433 g/mol. The predicted octanol–water partition coefficient (Wildman–Crippen LogP) is 2.66. The molecule has 6 nitrogen and oxygen atoms in total. The Morgan fingerprint density at radius 1 is 1.20 bits per heavy atom. The third-order valence-corrected chi connectivity index (χ3v) is 5.17. The Bertz CT molecular complexity index is 426. The van der Waals surface area contributed by atoms with Crippen LogP contribution in [0.5, 0.6) is 0 Å². The van der Waals surface area contributed by atoms with Gasteiger partial charge in [-0.1, -0.05) is 32.6 Å². The number of likely N-dealkylation sites (tertiary alicyclic amines) is 1. The summed E-state index contributed by atoms with van der Waals surface area (Å²) in [6.45, 7) is 5.02. The second-order valence-corrected chi connectivity index (χ2v) is 6.97. The van der Waals surface area contributed by atoms with E-state index in [1.807, 2.05) is 0 Å². The van der Waals surface area contributed by atoms with Gasteiger partial charge in [0.15, 0.2) is 5.96 Å². The van der Waals surface area contributed by atoms with Crippen LogP contribution in [-0.4, -0.2) is 63.3 Å². The standard InChI is InChI=1S/C18H33N3O3.HI/c1-14-12-21(13-16(14)17(22)23-3)18(19-2)20-10-11-24-15-8-6-4-5-7-9-15;/h14-16H,4-13H2,1-3H3,(H,19,20);1H. The molecule has 1 aliphatic heterocycles. The molecule has 0 radical (unpaired) electrons. The summed E-state index contributed by atoms with van der Waals surface area (Å²) < 4.78 is 10.9. The summed E-state index contributed by atoms with van der Waals surface area (Å²) >= 11 is 0. The maximum absolute atomic E-state index is 11.8. The molecule has 146 valence electrons. The Morgan fingerprint density at radius 2 is 1.88 bits per heavy atom. The number of hydrogen-bond acceptors (Lipinski definition) is 4. The van der Waals surface area contributed by atoms with Crippen molar-refractivity contribution in [1.29, 1.82) is 0 Å². The van der Waals surface area contributed by atoms with Crippen LogP contribution in [0.1, 0.15) is 45.4 Å². The lowest BCUT2D eigenvalue weighted by molar-refractivity contribution is -0.145. The van der Waals surface area contributed by atoms with Gasteiger partial charge in [-0.15, -0.1) is 24.0 Å². The Morgan fingerprint density at radius 3 is 2.48 bits per heavy atom. The Balaban J connectivity index is 0.00000312. The van der Waals surface area contributed by atoms with E-state index in [2.05, 4.69) is 22.1 Å². The van der Waals surface area contributed by atoms with E-state index < -0.39 is 0 Å². The molecule has 0 bridgehead atoms. The monoisotopic (exact) mass is 467 g/mol. The molecule has 2 fully saturated rings. The van der Waals surface area contributed by atoms with E-state index in [1.54, 1.807) is 7.05 Å². The highest BCUT2D eigenvalue weighted by atomic mass is 127. The topological polar surface area (TPSA) is 63.2 Å². The van der Waals surface area contributed by atoms with Gasteiger partial charge in [0.2, 0.25) is 0 Å². The minimum Gasteiger partial charge on any atom is -0.469 e. The Hall–Kier alpha value is -0.570. The van der Waals surface area contributed by atoms with Crippen LogP contribution in [0.15, 0.2) is 4.99 Å². The summed E-state index contributed by atoms with van der Waals surface area (Å²) in [4.78, 5) is 18.3. The van der Waals surface area contributed by atoms with Crippen molar-refractivity contribution >= 4 is 35.9 Å². The van der Waals surface area contributed by atoms with Gasteiger partial charge in [-0.25, -0.2) is 0 Å². The van der Waals surface area contributed by atoms with Crippen molar-refractivity contribution in [1.82, 2.24) is 10.2 Å². The molecule has 1 aliphatic carbocycles. The molecule has 7 heteroatoms. The van der Waals surface area contributed by atoms with E-state index in [1.165, 1.54) is 45.6 Å². The zero-order valence-electron chi connectivity index (χ0n) is 15.8. The maximum Gasteiger partial charge on any atom is 0.310 e. The van der Waals surface area contributed by atoms with Crippen molar-refractivity contribution in [2.75, 3.05) is 40.4 Å². The van der Waals surface area contributed by atoms with Crippen LogP contribution < -0.4 is 5.32 Å². The van der Waals surface area contributed by atoms with E-state index in [0.29, 0.717) is 19.3 Å². The van der Waals surface area contributed by atoms with Crippen LogP contribution in [0.3, 0.4) is 0 Å². The number of methoxy groups -OCH3 is 1. The van der Waals surface area contributed by atoms with Gasteiger partial charge < -0.3 is 19.7 Å². The molecule has 1 N–H and O–H groups in total. The van der Waals surface area contributed by atoms with Crippen molar-refractivity contribution in [3.63, 3.8) is 0 Å². The molecule has 0 aromatic heterocycles. The van der Waals surface area contributed by atoms with Crippen LogP contribution in [0.4, 0.5) is 0 Å². The van der Waals surface area contributed by atoms with Gasteiger partial charge in [-0.3, -0.25) is 9.79 Å². The molecule has 1 saturated carbocycles. The number of halogens is 1. The van der Waals surface area contributed by atoms with Gasteiger partial charge in [-0.2, -0.15) is 0 Å². The SMILES string of the molecule is CN=C(NCCOC1CCCCCC1)N1CC(C)C(C(=O)OC)C1.I. The molecular formula is C18H34IN3O3. The zero-order valence-corrected chi connectivity index (χ0v) is 18.2. The first kappa shape index (κ1) is 22.5. The molecule has 2 unspecified atom stereocenters. The van der Waals surface area contributed by atoms with Gasteiger partial charge in [0.25, 0.3) is 0 Å². The zero-order chi connectivity index (χ0) is 17.4. The number of aliphatic imine (C=N–C) groups is 1. The molecule has 2 atom stereocenters. The smallest absolute Gasteiger partial charge is 0.310 e. The number of carbonyl (C=O) groups is 1. The second-order valence-electron chi connectivity index (χ2n) is 6.97. The lowest BCUT2D eigenvalue weighted by atomic mass is 9.99. The van der Waals surface area contributed by atoms with Gasteiger partial charge >= 0.3 is 5.97 Å². The lowest BCUT2D eigenvalue weighted by Crippen LogP contribution is -2.42. The molecule has 2 rings (SSSR count). The molecule has 0 aromatic carbocycles. The van der Waals surface area contributed by atoms with Crippen molar-refractivity contribution in [2.45, 2.75) is 51.6 Å². The number of rotatable bonds is 5. The molecule has 1 saturated heterocycles. The quantitative estimate of drug-likeness (QED) is 0.168. The lowest BCUT2D eigenvalue weighted by Gasteiger charge is -2.22. The summed E-state index contributed by atoms with van der Waals surface area (Å²) in [6, 6.07) is 0. The van der Waals surface area contributed by atoms with E-state index in [-0.39, 0.29) is 41.8 Å².